The van der Waals surface area contributed by atoms with Crippen LogP contribution in [0.3, 0.4) is 0 Å². The van der Waals surface area contributed by atoms with E-state index in [0.717, 1.165) is 25.0 Å². The normalized spacial score (nSPS) is 23.6. The van der Waals surface area contributed by atoms with Crippen LogP contribution in [0.1, 0.15) is 39.5 Å². The molecule has 1 saturated heterocycles. The second kappa shape index (κ2) is 7.75. The Labute approximate surface area is 118 Å². The van der Waals surface area contributed by atoms with Crippen molar-refractivity contribution in [3.63, 3.8) is 0 Å². The van der Waals surface area contributed by atoms with E-state index >= 15 is 0 Å². The highest BCUT2D eigenvalue weighted by molar-refractivity contribution is 8.00. The Kier molecular flexibility index (Phi) is 6.65. The summed E-state index contributed by atoms with van der Waals surface area (Å²) < 4.78 is 0. The zero-order valence-corrected chi connectivity index (χ0v) is 12.4. The Balaban J connectivity index is 2.52. The Bertz CT molecular complexity index is 319. The molecule has 0 radical (unpaired) electrons. The van der Waals surface area contributed by atoms with Crippen molar-refractivity contribution in [3.05, 3.63) is 0 Å². The van der Waals surface area contributed by atoms with Crippen molar-refractivity contribution in [2.24, 2.45) is 11.7 Å². The summed E-state index contributed by atoms with van der Waals surface area (Å²) in [5.41, 5.74) is 5.82. The molecule has 6 heteroatoms. The number of hydrogen-bond acceptors (Lipinski definition) is 4. The maximum absolute atomic E-state index is 11.9. The predicted octanol–water partition coefficient (Wildman–Crippen LogP) is 1.21. The quantitative estimate of drug-likeness (QED) is 0.655. The van der Waals surface area contributed by atoms with Gasteiger partial charge in [0.25, 0.3) is 0 Å². The minimum absolute atomic E-state index is 0.0512. The van der Waals surface area contributed by atoms with E-state index in [2.05, 4.69) is 5.32 Å². The summed E-state index contributed by atoms with van der Waals surface area (Å²) in [6.45, 7) is 3.86. The number of carbonyl (C=O) groups is 2. The summed E-state index contributed by atoms with van der Waals surface area (Å²) in [5, 5.41) is 12.1. The van der Waals surface area contributed by atoms with Gasteiger partial charge in [-0.15, -0.1) is 0 Å². The van der Waals surface area contributed by atoms with Gasteiger partial charge in [0.1, 0.15) is 6.04 Å². The van der Waals surface area contributed by atoms with Gasteiger partial charge in [0.2, 0.25) is 5.91 Å². The van der Waals surface area contributed by atoms with Gasteiger partial charge in [-0.05, 0) is 30.9 Å². The topological polar surface area (TPSA) is 92.4 Å². The summed E-state index contributed by atoms with van der Waals surface area (Å²) >= 11 is 1.79. The molecule has 0 bridgehead atoms. The molecule has 0 aromatic rings. The second-order valence-corrected chi connectivity index (χ2v) is 6.59. The van der Waals surface area contributed by atoms with Gasteiger partial charge in [-0.2, -0.15) is 11.8 Å². The minimum atomic E-state index is -0.975. The summed E-state index contributed by atoms with van der Waals surface area (Å²) in [4.78, 5) is 23.1. The lowest BCUT2D eigenvalue weighted by molar-refractivity contribution is -0.142. The van der Waals surface area contributed by atoms with E-state index in [9.17, 15) is 14.7 Å². The molecule has 4 atom stereocenters. The van der Waals surface area contributed by atoms with Crippen molar-refractivity contribution in [1.29, 1.82) is 0 Å². The van der Waals surface area contributed by atoms with Crippen LogP contribution in [-0.2, 0) is 9.59 Å². The molecule has 110 valence electrons. The molecule has 1 heterocycles. The van der Waals surface area contributed by atoms with Crippen molar-refractivity contribution in [2.45, 2.75) is 56.9 Å². The number of rotatable bonds is 7. The molecule has 1 rings (SSSR count). The fourth-order valence-electron chi connectivity index (χ4n) is 2.09. The lowest BCUT2D eigenvalue weighted by Crippen LogP contribution is -2.51. The number of amides is 1. The number of carbonyl (C=O) groups excluding carboxylic acids is 1. The van der Waals surface area contributed by atoms with Crippen molar-refractivity contribution in [2.75, 3.05) is 5.75 Å². The van der Waals surface area contributed by atoms with Crippen LogP contribution in [0.5, 0.6) is 0 Å². The van der Waals surface area contributed by atoms with Gasteiger partial charge in [0.15, 0.2) is 0 Å². The fourth-order valence-corrected chi connectivity index (χ4v) is 3.42. The Morgan fingerprint density at radius 3 is 2.68 bits per heavy atom. The molecule has 0 aromatic heterocycles. The second-order valence-electron chi connectivity index (χ2n) is 5.18. The highest BCUT2D eigenvalue weighted by atomic mass is 32.2. The smallest absolute Gasteiger partial charge is 0.326 e. The van der Waals surface area contributed by atoms with E-state index in [4.69, 9.17) is 5.73 Å². The van der Waals surface area contributed by atoms with Gasteiger partial charge >= 0.3 is 5.97 Å². The third-order valence-corrected chi connectivity index (χ3v) is 5.12. The van der Waals surface area contributed by atoms with Crippen LogP contribution < -0.4 is 11.1 Å². The molecule has 1 amide bonds. The SMILES string of the molecule is CCC(C)C(N)C(=O)NC(CC1CCCS1)C(=O)O. The number of carboxylic acids is 1. The molecule has 1 aliphatic heterocycles. The Morgan fingerprint density at radius 1 is 1.53 bits per heavy atom. The molecule has 1 fully saturated rings. The number of nitrogens with one attached hydrogen (secondary N) is 1. The highest BCUT2D eigenvalue weighted by Gasteiger charge is 2.29. The monoisotopic (exact) mass is 288 g/mol. The highest BCUT2D eigenvalue weighted by Crippen LogP contribution is 2.29. The number of thioether (sulfide) groups is 1. The first-order valence-electron chi connectivity index (χ1n) is 6.86. The fraction of sp³-hybridized carbons (Fsp3) is 0.846. The Hall–Kier alpha value is -0.750. The van der Waals surface area contributed by atoms with Gasteiger partial charge in [-0.25, -0.2) is 4.79 Å². The van der Waals surface area contributed by atoms with Crippen LogP contribution in [0.25, 0.3) is 0 Å². The zero-order chi connectivity index (χ0) is 14.4. The molecule has 0 saturated carbocycles. The van der Waals surface area contributed by atoms with E-state index in [-0.39, 0.29) is 11.8 Å². The van der Waals surface area contributed by atoms with E-state index in [0.29, 0.717) is 11.7 Å². The zero-order valence-electron chi connectivity index (χ0n) is 11.6. The van der Waals surface area contributed by atoms with Gasteiger partial charge in [-0.3, -0.25) is 4.79 Å². The first-order chi connectivity index (χ1) is 8.95. The number of nitrogens with two attached hydrogens (primary N) is 1. The van der Waals surface area contributed by atoms with Gasteiger partial charge in [0, 0.05) is 5.25 Å². The standard InChI is InChI=1S/C13H24N2O3S/c1-3-8(2)11(14)12(16)15-10(13(17)18)7-9-5-4-6-19-9/h8-11H,3-7,14H2,1-2H3,(H,15,16)(H,17,18). The first kappa shape index (κ1) is 16.3. The predicted molar refractivity (Wildman–Crippen MR) is 77.1 cm³/mol. The number of aliphatic carboxylic acids is 1. The van der Waals surface area contributed by atoms with Crippen LogP contribution >= 0.6 is 11.8 Å². The van der Waals surface area contributed by atoms with E-state index in [1.165, 1.54) is 0 Å². The largest absolute Gasteiger partial charge is 0.480 e. The molecular weight excluding hydrogens is 264 g/mol. The van der Waals surface area contributed by atoms with E-state index in [1.54, 1.807) is 11.8 Å². The number of carboxylic acid groups (broad SMARTS) is 1. The molecule has 1 aliphatic rings. The van der Waals surface area contributed by atoms with Gasteiger partial charge in [-0.1, -0.05) is 20.3 Å². The third-order valence-electron chi connectivity index (χ3n) is 3.70. The molecule has 4 N–H and O–H groups in total. The third kappa shape index (κ3) is 5.03. The van der Waals surface area contributed by atoms with Gasteiger partial charge < -0.3 is 16.2 Å². The maximum atomic E-state index is 11.9. The van der Waals surface area contributed by atoms with Crippen molar-refractivity contribution in [1.82, 2.24) is 5.32 Å². The first-order valence-corrected chi connectivity index (χ1v) is 7.91. The van der Waals surface area contributed by atoms with Crippen LogP contribution in [-0.4, -0.2) is 40.1 Å². The molecular formula is C13H24N2O3S. The molecule has 0 aromatic carbocycles. The van der Waals surface area contributed by atoms with Crippen molar-refractivity contribution in [3.8, 4) is 0 Å². The molecule has 4 unspecified atom stereocenters. The van der Waals surface area contributed by atoms with Crippen LogP contribution in [0.4, 0.5) is 0 Å². The molecule has 0 spiro atoms. The van der Waals surface area contributed by atoms with Crippen LogP contribution in [0, 0.1) is 5.92 Å². The van der Waals surface area contributed by atoms with Crippen LogP contribution in [0.15, 0.2) is 0 Å². The summed E-state index contributed by atoms with van der Waals surface area (Å²) in [7, 11) is 0. The lowest BCUT2D eigenvalue weighted by atomic mass is 9.98. The maximum Gasteiger partial charge on any atom is 0.326 e. The van der Waals surface area contributed by atoms with Crippen LogP contribution in [0.2, 0.25) is 0 Å². The molecule has 0 aliphatic carbocycles. The summed E-state index contributed by atoms with van der Waals surface area (Å²) in [6.07, 6.45) is 3.44. The molecule has 19 heavy (non-hydrogen) atoms. The van der Waals surface area contributed by atoms with E-state index < -0.39 is 18.1 Å². The van der Waals surface area contributed by atoms with Crippen molar-refractivity contribution >= 4 is 23.6 Å². The average Bonchev–Trinajstić information content (AvgIpc) is 2.88. The minimum Gasteiger partial charge on any atom is -0.480 e. The van der Waals surface area contributed by atoms with Gasteiger partial charge in [0.05, 0.1) is 6.04 Å². The number of hydrogen-bond donors (Lipinski definition) is 3. The lowest BCUT2D eigenvalue weighted by Gasteiger charge is -2.22. The average molecular weight is 288 g/mol. The molecule has 5 nitrogen and oxygen atoms in total. The Morgan fingerprint density at radius 2 is 2.21 bits per heavy atom. The van der Waals surface area contributed by atoms with E-state index in [1.807, 2.05) is 13.8 Å². The summed E-state index contributed by atoms with van der Waals surface area (Å²) in [6, 6.07) is -1.46. The summed E-state index contributed by atoms with van der Waals surface area (Å²) in [5.74, 6) is -0.200. The van der Waals surface area contributed by atoms with Crippen molar-refractivity contribution < 1.29 is 14.7 Å².